The first-order valence-corrected chi connectivity index (χ1v) is 7.76. The van der Waals surface area contributed by atoms with Crippen LogP contribution in [0.25, 0.3) is 10.9 Å². The van der Waals surface area contributed by atoms with Crippen LogP contribution in [0.3, 0.4) is 0 Å². The Kier molecular flexibility index (Phi) is 4.59. The van der Waals surface area contributed by atoms with E-state index in [1.54, 1.807) is 18.2 Å². The van der Waals surface area contributed by atoms with Crippen molar-refractivity contribution in [3.63, 3.8) is 0 Å². The van der Waals surface area contributed by atoms with Crippen molar-refractivity contribution in [2.45, 2.75) is 6.10 Å². The highest BCUT2D eigenvalue weighted by Gasteiger charge is 2.25. The van der Waals surface area contributed by atoms with Crippen LogP contribution in [0.5, 0.6) is 0 Å². The summed E-state index contributed by atoms with van der Waals surface area (Å²) in [5, 5.41) is 11.9. The van der Waals surface area contributed by atoms with Crippen LogP contribution in [0.2, 0.25) is 5.02 Å². The third kappa shape index (κ3) is 3.50. The van der Waals surface area contributed by atoms with Gasteiger partial charge in [0.15, 0.2) is 0 Å². The summed E-state index contributed by atoms with van der Waals surface area (Å²) in [6.45, 7) is 0. The molecule has 0 aliphatic rings. The van der Waals surface area contributed by atoms with Crippen LogP contribution in [0.15, 0.2) is 48.5 Å². The second kappa shape index (κ2) is 6.85. The van der Waals surface area contributed by atoms with Crippen LogP contribution >= 0.6 is 11.6 Å². The average Bonchev–Trinajstić information content (AvgIpc) is 3.02. The number of non-ortho nitro benzene ring substituents is 1. The van der Waals surface area contributed by atoms with Gasteiger partial charge in [-0.15, -0.1) is 0 Å². The molecule has 26 heavy (non-hydrogen) atoms. The highest BCUT2D eigenvalue weighted by molar-refractivity contribution is 6.31. The highest BCUT2D eigenvalue weighted by Crippen LogP contribution is 2.24. The Bertz CT molecular complexity index is 1010. The zero-order valence-corrected chi connectivity index (χ0v) is 13.9. The predicted molar refractivity (Wildman–Crippen MR) is 93.8 cm³/mol. The van der Waals surface area contributed by atoms with E-state index in [2.05, 4.69) is 4.98 Å². The van der Waals surface area contributed by atoms with Crippen molar-refractivity contribution < 1.29 is 19.2 Å². The molecule has 0 radical (unpaired) electrons. The monoisotopic (exact) mass is 373 g/mol. The largest absolute Gasteiger partial charge is 0.443 e. The molecule has 0 spiro atoms. The number of halogens is 1. The van der Waals surface area contributed by atoms with Crippen molar-refractivity contribution in [2.24, 2.45) is 5.73 Å². The molecule has 1 unspecified atom stereocenters. The summed E-state index contributed by atoms with van der Waals surface area (Å²) in [5.74, 6) is -1.69. The van der Waals surface area contributed by atoms with E-state index in [0.717, 1.165) is 0 Å². The number of amides is 1. The van der Waals surface area contributed by atoms with E-state index in [0.29, 0.717) is 15.9 Å². The van der Waals surface area contributed by atoms with Gasteiger partial charge in [-0.2, -0.15) is 0 Å². The lowest BCUT2D eigenvalue weighted by Gasteiger charge is -2.14. The molecule has 1 atom stereocenters. The highest BCUT2D eigenvalue weighted by atomic mass is 35.5. The summed E-state index contributed by atoms with van der Waals surface area (Å²) in [4.78, 5) is 37.0. The minimum Gasteiger partial charge on any atom is -0.443 e. The molecule has 8 nitrogen and oxygen atoms in total. The molecule has 0 saturated carbocycles. The molecule has 3 N–H and O–H groups in total. The molecule has 3 aromatic rings. The first-order valence-electron chi connectivity index (χ1n) is 7.38. The van der Waals surface area contributed by atoms with E-state index >= 15 is 0 Å². The standard InChI is InChI=1S/C17H12ClN3O5/c18-11-3-6-13-10(7-11)8-14(20-13)17(23)26-15(16(19)22)9-1-4-12(5-2-9)21(24)25/h1-8,15,20H,(H2,19,22). The molecule has 0 saturated heterocycles. The molecule has 2 aromatic carbocycles. The molecule has 3 rings (SSSR count). The topological polar surface area (TPSA) is 128 Å². The number of benzene rings is 2. The lowest BCUT2D eigenvalue weighted by atomic mass is 10.1. The number of H-pyrrole nitrogens is 1. The number of aromatic nitrogens is 1. The minimum atomic E-state index is -1.38. The number of hydrogen-bond acceptors (Lipinski definition) is 5. The van der Waals surface area contributed by atoms with Gasteiger partial charge in [-0.3, -0.25) is 14.9 Å². The number of primary amides is 1. The molecule has 0 fully saturated rings. The number of nitrogens with two attached hydrogens (primary N) is 1. The summed E-state index contributed by atoms with van der Waals surface area (Å²) in [7, 11) is 0. The van der Waals surface area contributed by atoms with Crippen molar-refractivity contribution >= 4 is 40.1 Å². The van der Waals surface area contributed by atoms with Crippen LogP contribution in [0.1, 0.15) is 22.2 Å². The average molecular weight is 374 g/mol. The number of nitrogens with one attached hydrogen (secondary N) is 1. The smallest absolute Gasteiger partial charge is 0.355 e. The summed E-state index contributed by atoms with van der Waals surface area (Å²) in [5.41, 5.74) is 6.18. The maximum absolute atomic E-state index is 12.4. The van der Waals surface area contributed by atoms with Crippen LogP contribution in [-0.4, -0.2) is 21.8 Å². The van der Waals surface area contributed by atoms with Crippen LogP contribution < -0.4 is 5.73 Å². The summed E-state index contributed by atoms with van der Waals surface area (Å²) >= 11 is 5.91. The molecular weight excluding hydrogens is 362 g/mol. The van der Waals surface area contributed by atoms with Gasteiger partial charge < -0.3 is 15.5 Å². The minimum absolute atomic E-state index is 0.121. The second-order valence-electron chi connectivity index (χ2n) is 5.45. The number of fused-ring (bicyclic) bond motifs is 1. The molecule has 1 aromatic heterocycles. The van der Waals surface area contributed by atoms with Gasteiger partial charge in [0.1, 0.15) is 5.69 Å². The Balaban J connectivity index is 1.85. The van der Waals surface area contributed by atoms with E-state index < -0.39 is 22.9 Å². The molecule has 1 amide bonds. The van der Waals surface area contributed by atoms with Crippen molar-refractivity contribution in [1.82, 2.24) is 4.98 Å². The van der Waals surface area contributed by atoms with Gasteiger partial charge in [0.2, 0.25) is 6.10 Å². The molecule has 0 aliphatic heterocycles. The Labute approximate surface area is 151 Å². The number of ether oxygens (including phenoxy) is 1. The molecule has 0 bridgehead atoms. The second-order valence-corrected chi connectivity index (χ2v) is 5.89. The number of esters is 1. The summed E-state index contributed by atoms with van der Waals surface area (Å²) in [6.07, 6.45) is -1.38. The first kappa shape index (κ1) is 17.4. The Morgan fingerprint density at radius 1 is 1.15 bits per heavy atom. The third-order valence-electron chi connectivity index (χ3n) is 3.69. The fourth-order valence-electron chi connectivity index (χ4n) is 2.45. The van der Waals surface area contributed by atoms with E-state index in [9.17, 15) is 19.7 Å². The number of nitrogens with zero attached hydrogens (tertiary/aromatic N) is 1. The van der Waals surface area contributed by atoms with E-state index in [1.807, 2.05) is 0 Å². The van der Waals surface area contributed by atoms with Crippen molar-refractivity contribution in [1.29, 1.82) is 0 Å². The fourth-order valence-corrected chi connectivity index (χ4v) is 2.63. The molecule has 0 aliphatic carbocycles. The van der Waals surface area contributed by atoms with Gasteiger partial charge in [-0.05, 0) is 36.4 Å². The number of rotatable bonds is 5. The number of nitro groups is 1. The lowest BCUT2D eigenvalue weighted by Crippen LogP contribution is -2.26. The van der Waals surface area contributed by atoms with Gasteiger partial charge in [0.25, 0.3) is 11.6 Å². The predicted octanol–water partition coefficient (Wildman–Crippen LogP) is 3.11. The number of carbonyl (C=O) groups is 2. The van der Waals surface area contributed by atoms with Gasteiger partial charge in [0, 0.05) is 33.6 Å². The fraction of sp³-hybridized carbons (Fsp3) is 0.0588. The molecule has 1 heterocycles. The van der Waals surface area contributed by atoms with Crippen molar-refractivity contribution in [3.05, 3.63) is 74.9 Å². The summed E-state index contributed by atoms with van der Waals surface area (Å²) < 4.78 is 5.20. The zero-order valence-electron chi connectivity index (χ0n) is 13.1. The Hall–Kier alpha value is -3.39. The first-order chi connectivity index (χ1) is 12.3. The Morgan fingerprint density at radius 2 is 1.85 bits per heavy atom. The van der Waals surface area contributed by atoms with Crippen molar-refractivity contribution in [3.8, 4) is 0 Å². The number of carbonyl (C=O) groups excluding carboxylic acids is 2. The maximum atomic E-state index is 12.4. The quantitative estimate of drug-likeness (QED) is 0.403. The van der Waals surface area contributed by atoms with Gasteiger partial charge in [-0.1, -0.05) is 11.6 Å². The van der Waals surface area contributed by atoms with Crippen LogP contribution in [0.4, 0.5) is 5.69 Å². The van der Waals surface area contributed by atoms with Crippen LogP contribution in [-0.2, 0) is 9.53 Å². The van der Waals surface area contributed by atoms with Gasteiger partial charge in [0.05, 0.1) is 4.92 Å². The molecular formula is C17H12ClN3O5. The van der Waals surface area contributed by atoms with E-state index in [-0.39, 0.29) is 16.9 Å². The Morgan fingerprint density at radius 3 is 2.46 bits per heavy atom. The normalized spacial score (nSPS) is 11.9. The van der Waals surface area contributed by atoms with Gasteiger partial charge >= 0.3 is 5.97 Å². The van der Waals surface area contributed by atoms with Crippen molar-refractivity contribution in [2.75, 3.05) is 0 Å². The molecule has 9 heteroatoms. The third-order valence-corrected chi connectivity index (χ3v) is 3.93. The maximum Gasteiger partial charge on any atom is 0.355 e. The van der Waals surface area contributed by atoms with Gasteiger partial charge in [-0.25, -0.2) is 4.79 Å². The number of hydrogen-bond donors (Lipinski definition) is 2. The van der Waals surface area contributed by atoms with E-state index in [4.69, 9.17) is 22.1 Å². The number of aromatic amines is 1. The molecule has 132 valence electrons. The zero-order chi connectivity index (χ0) is 18.8. The van der Waals surface area contributed by atoms with Crippen LogP contribution in [0, 0.1) is 10.1 Å². The number of nitro benzene ring substituents is 1. The lowest BCUT2D eigenvalue weighted by molar-refractivity contribution is -0.384. The van der Waals surface area contributed by atoms with E-state index in [1.165, 1.54) is 30.3 Å². The summed E-state index contributed by atoms with van der Waals surface area (Å²) in [6, 6.07) is 11.6. The SMILES string of the molecule is NC(=O)C(OC(=O)c1cc2cc(Cl)ccc2[nH]1)c1ccc([N+](=O)[O-])cc1.